The molecule has 0 atom stereocenters. The molecule has 4 rings (SSSR count). The minimum Gasteiger partial charge on any atom is -0.497 e. The van der Waals surface area contributed by atoms with Crippen LogP contribution in [0.4, 0.5) is 0 Å². The van der Waals surface area contributed by atoms with Crippen molar-refractivity contribution < 1.29 is 27.9 Å². The van der Waals surface area contributed by atoms with E-state index in [-0.39, 0.29) is 18.3 Å². The van der Waals surface area contributed by atoms with Crippen LogP contribution in [-0.2, 0) is 17.9 Å². The zero-order chi connectivity index (χ0) is 20.9. The highest BCUT2D eigenvalue weighted by atomic mass is 16.6. The van der Waals surface area contributed by atoms with Crippen molar-refractivity contribution >= 4 is 5.97 Å². The summed E-state index contributed by atoms with van der Waals surface area (Å²) in [6.45, 7) is 0.219. The topological polar surface area (TPSA) is 115 Å². The lowest BCUT2D eigenvalue weighted by Gasteiger charge is -2.07. The highest BCUT2D eigenvalue weighted by Crippen LogP contribution is 2.31. The van der Waals surface area contributed by atoms with Gasteiger partial charge in [0.15, 0.2) is 6.61 Å². The fourth-order valence-electron chi connectivity index (χ4n) is 2.73. The van der Waals surface area contributed by atoms with Crippen LogP contribution in [0.3, 0.4) is 0 Å². The Labute approximate surface area is 171 Å². The van der Waals surface area contributed by atoms with Crippen LogP contribution in [0.15, 0.2) is 57.7 Å². The summed E-state index contributed by atoms with van der Waals surface area (Å²) in [5, 5.41) is 8.00. The van der Waals surface area contributed by atoms with Crippen LogP contribution in [0.2, 0.25) is 0 Å². The third-order valence-electron chi connectivity index (χ3n) is 4.18. The normalized spacial score (nSPS) is 10.7. The Morgan fingerprint density at radius 2 is 2.07 bits per heavy atom. The van der Waals surface area contributed by atoms with E-state index in [0.29, 0.717) is 35.2 Å². The van der Waals surface area contributed by atoms with Crippen molar-refractivity contribution in [3.63, 3.8) is 0 Å². The quantitative estimate of drug-likeness (QED) is 0.404. The molecule has 0 bridgehead atoms. The molecule has 10 nitrogen and oxygen atoms in total. The smallest absolute Gasteiger partial charge is 0.374 e. The van der Waals surface area contributed by atoms with Crippen molar-refractivity contribution in [1.29, 1.82) is 0 Å². The fraction of sp³-hybridized carbons (Fsp3) is 0.200. The van der Waals surface area contributed by atoms with Gasteiger partial charge in [0.2, 0.25) is 11.6 Å². The SMILES string of the molecule is COc1ccc(-c2noc(COC(=O)c3ccc(Cn4cccn4)o3)n2)c(OC)c1. The molecule has 0 unspecified atom stereocenters. The van der Waals surface area contributed by atoms with Gasteiger partial charge in [0, 0.05) is 18.5 Å². The van der Waals surface area contributed by atoms with E-state index in [9.17, 15) is 4.79 Å². The molecule has 0 fully saturated rings. The van der Waals surface area contributed by atoms with Crippen LogP contribution in [0.25, 0.3) is 11.4 Å². The predicted molar refractivity (Wildman–Crippen MR) is 102 cm³/mol. The predicted octanol–water partition coefficient (Wildman–Crippen LogP) is 2.95. The summed E-state index contributed by atoms with van der Waals surface area (Å²) in [6.07, 6.45) is 3.46. The number of ether oxygens (including phenoxy) is 3. The Kier molecular flexibility index (Phi) is 5.46. The van der Waals surface area contributed by atoms with Crippen molar-refractivity contribution in [2.45, 2.75) is 13.2 Å². The monoisotopic (exact) mass is 410 g/mol. The number of hydrogen-bond acceptors (Lipinski definition) is 9. The van der Waals surface area contributed by atoms with Crippen molar-refractivity contribution in [2.75, 3.05) is 14.2 Å². The van der Waals surface area contributed by atoms with Gasteiger partial charge in [-0.1, -0.05) is 5.16 Å². The van der Waals surface area contributed by atoms with Crippen LogP contribution in [0.5, 0.6) is 11.5 Å². The summed E-state index contributed by atoms with van der Waals surface area (Å²) < 4.78 is 28.1. The molecular formula is C20H18N4O6. The van der Waals surface area contributed by atoms with Gasteiger partial charge in [-0.15, -0.1) is 0 Å². The zero-order valence-corrected chi connectivity index (χ0v) is 16.3. The molecule has 0 amide bonds. The summed E-state index contributed by atoms with van der Waals surface area (Å²) in [5.74, 6) is 1.63. The molecule has 0 saturated carbocycles. The number of esters is 1. The third kappa shape index (κ3) is 4.17. The maximum Gasteiger partial charge on any atom is 0.374 e. The average molecular weight is 410 g/mol. The van der Waals surface area contributed by atoms with E-state index in [2.05, 4.69) is 15.2 Å². The fourth-order valence-corrected chi connectivity index (χ4v) is 2.73. The van der Waals surface area contributed by atoms with Gasteiger partial charge in [-0.2, -0.15) is 10.1 Å². The van der Waals surface area contributed by atoms with Gasteiger partial charge in [-0.05, 0) is 30.3 Å². The highest BCUT2D eigenvalue weighted by Gasteiger charge is 2.18. The third-order valence-corrected chi connectivity index (χ3v) is 4.18. The van der Waals surface area contributed by atoms with Gasteiger partial charge in [0.1, 0.15) is 17.3 Å². The van der Waals surface area contributed by atoms with Crippen molar-refractivity contribution in [3.05, 3.63) is 66.2 Å². The van der Waals surface area contributed by atoms with Gasteiger partial charge in [0.05, 0.1) is 26.3 Å². The second-order valence-corrected chi connectivity index (χ2v) is 6.12. The standard InChI is InChI=1S/C20H18N4O6/c1-26-13-4-6-15(17(10-13)27-2)19-22-18(30-23-19)12-28-20(25)16-7-5-14(29-16)11-24-9-3-8-21-24/h3-10H,11-12H2,1-2H3. The van der Waals surface area contributed by atoms with Crippen LogP contribution < -0.4 is 9.47 Å². The molecular weight excluding hydrogens is 392 g/mol. The van der Waals surface area contributed by atoms with E-state index >= 15 is 0 Å². The summed E-state index contributed by atoms with van der Waals surface area (Å²) in [7, 11) is 3.10. The Balaban J connectivity index is 1.39. The van der Waals surface area contributed by atoms with Crippen molar-refractivity contribution in [1.82, 2.24) is 19.9 Å². The van der Waals surface area contributed by atoms with Crippen LogP contribution >= 0.6 is 0 Å². The number of carbonyl (C=O) groups excluding carboxylic acids is 1. The first-order valence-electron chi connectivity index (χ1n) is 8.94. The number of benzene rings is 1. The summed E-state index contributed by atoms with van der Waals surface area (Å²) in [6, 6.07) is 10.3. The highest BCUT2D eigenvalue weighted by molar-refractivity contribution is 5.86. The van der Waals surface area contributed by atoms with Crippen molar-refractivity contribution in [3.8, 4) is 22.9 Å². The minimum atomic E-state index is -0.636. The Morgan fingerprint density at radius 1 is 1.17 bits per heavy atom. The molecule has 1 aromatic carbocycles. The molecule has 30 heavy (non-hydrogen) atoms. The van der Waals surface area contributed by atoms with Crippen molar-refractivity contribution in [2.24, 2.45) is 0 Å². The Morgan fingerprint density at radius 3 is 2.83 bits per heavy atom. The minimum absolute atomic E-state index is 0.0775. The second kappa shape index (κ2) is 8.52. The van der Waals surface area contributed by atoms with Crippen LogP contribution in [0.1, 0.15) is 22.2 Å². The lowest BCUT2D eigenvalue weighted by molar-refractivity contribution is 0.0391. The van der Waals surface area contributed by atoms with E-state index in [1.54, 1.807) is 60.6 Å². The molecule has 3 aromatic heterocycles. The Bertz CT molecular complexity index is 1130. The molecule has 0 N–H and O–H groups in total. The zero-order valence-electron chi connectivity index (χ0n) is 16.3. The van der Waals surface area contributed by atoms with Gasteiger partial charge in [-0.25, -0.2) is 4.79 Å². The molecule has 0 spiro atoms. The summed E-state index contributed by atoms with van der Waals surface area (Å²) >= 11 is 0. The molecule has 0 aliphatic carbocycles. The lowest BCUT2D eigenvalue weighted by Crippen LogP contribution is -2.04. The average Bonchev–Trinajstić information content (AvgIpc) is 3.54. The van der Waals surface area contributed by atoms with E-state index in [1.165, 1.54) is 7.11 Å². The summed E-state index contributed by atoms with van der Waals surface area (Å²) in [4.78, 5) is 16.5. The van der Waals surface area contributed by atoms with E-state index in [1.807, 2.05) is 0 Å². The number of furan rings is 1. The summed E-state index contributed by atoms with van der Waals surface area (Å²) in [5.41, 5.74) is 0.619. The number of hydrogen-bond donors (Lipinski definition) is 0. The largest absolute Gasteiger partial charge is 0.497 e. The number of aromatic nitrogens is 4. The first-order valence-corrected chi connectivity index (χ1v) is 8.94. The van der Waals surface area contributed by atoms with Crippen LogP contribution in [0, 0.1) is 0 Å². The van der Waals surface area contributed by atoms with Gasteiger partial charge >= 0.3 is 5.97 Å². The second-order valence-electron chi connectivity index (χ2n) is 6.12. The maximum atomic E-state index is 12.2. The Hall–Kier alpha value is -4.08. The molecule has 3 heterocycles. The molecule has 0 aliphatic heterocycles. The number of rotatable bonds is 8. The van der Waals surface area contributed by atoms with E-state index in [0.717, 1.165) is 0 Å². The molecule has 0 saturated heterocycles. The number of methoxy groups -OCH3 is 2. The van der Waals surface area contributed by atoms with Crippen LogP contribution in [-0.4, -0.2) is 40.1 Å². The number of carbonyl (C=O) groups is 1. The molecule has 4 aromatic rings. The van der Waals surface area contributed by atoms with Gasteiger partial charge < -0.3 is 23.2 Å². The van der Waals surface area contributed by atoms with Gasteiger partial charge in [0.25, 0.3) is 5.89 Å². The molecule has 0 aliphatic rings. The van der Waals surface area contributed by atoms with Gasteiger partial charge in [-0.3, -0.25) is 4.68 Å². The molecule has 0 radical (unpaired) electrons. The molecule has 154 valence electrons. The van der Waals surface area contributed by atoms with E-state index in [4.69, 9.17) is 23.2 Å². The van der Waals surface area contributed by atoms with E-state index < -0.39 is 5.97 Å². The maximum absolute atomic E-state index is 12.2. The molecule has 10 heteroatoms. The first-order chi connectivity index (χ1) is 14.7. The lowest BCUT2D eigenvalue weighted by atomic mass is 10.2. The first kappa shape index (κ1) is 19.2. The number of nitrogens with zero attached hydrogens (tertiary/aromatic N) is 4.